The van der Waals surface area contributed by atoms with E-state index in [1.165, 1.54) is 0 Å². The molecule has 1 heterocycles. The first kappa shape index (κ1) is 14.9. The Hall–Kier alpha value is -2.04. The normalized spacial score (nSPS) is 20.4. The van der Waals surface area contributed by atoms with Crippen LogP contribution in [0.4, 0.5) is 16.2 Å². The third kappa shape index (κ3) is 2.80. The molecular weight excluding hydrogens is 300 g/mol. The fourth-order valence-corrected chi connectivity index (χ4v) is 2.81. The Morgan fingerprint density at radius 3 is 2.64 bits per heavy atom. The van der Waals surface area contributed by atoms with Crippen LogP contribution in [0.1, 0.15) is 18.9 Å². The fourth-order valence-electron chi connectivity index (χ4n) is 2.68. The summed E-state index contributed by atoms with van der Waals surface area (Å²) in [5.41, 5.74) is 1.29. The Morgan fingerprint density at radius 2 is 1.91 bits per heavy atom. The summed E-state index contributed by atoms with van der Waals surface area (Å²) in [5, 5.41) is 13.9. The van der Waals surface area contributed by atoms with Crippen molar-refractivity contribution < 1.29 is 9.90 Å². The molecule has 0 aromatic heterocycles. The highest BCUT2D eigenvalue weighted by atomic mass is 35.5. The second-order valence-corrected chi connectivity index (χ2v) is 6.07. The van der Waals surface area contributed by atoms with E-state index in [9.17, 15) is 9.90 Å². The van der Waals surface area contributed by atoms with Gasteiger partial charge in [0.25, 0.3) is 0 Å². The van der Waals surface area contributed by atoms with Crippen LogP contribution in [0.2, 0.25) is 5.02 Å². The molecule has 4 nitrogen and oxygen atoms in total. The second kappa shape index (κ2) is 5.63. The number of halogens is 1. The first-order valence-electron chi connectivity index (χ1n) is 7.13. The molecular formula is C17H17ClN2O2. The van der Waals surface area contributed by atoms with Crippen LogP contribution in [0.3, 0.4) is 0 Å². The van der Waals surface area contributed by atoms with Gasteiger partial charge in [0.05, 0.1) is 11.3 Å². The number of rotatable bonds is 1. The molecule has 2 aromatic rings. The summed E-state index contributed by atoms with van der Waals surface area (Å²) in [6, 6.07) is 14.2. The molecule has 0 radical (unpaired) electrons. The van der Waals surface area contributed by atoms with Crippen LogP contribution in [-0.4, -0.2) is 17.7 Å². The SMILES string of the molecule is CC1(O)CCN(C(=O)Nc2ccc(Cl)cc2)c2ccccc21. The summed E-state index contributed by atoms with van der Waals surface area (Å²) in [6.07, 6.45) is 0.498. The summed E-state index contributed by atoms with van der Waals surface area (Å²) >= 11 is 5.84. The van der Waals surface area contributed by atoms with E-state index >= 15 is 0 Å². The van der Waals surface area contributed by atoms with Gasteiger partial charge >= 0.3 is 6.03 Å². The van der Waals surface area contributed by atoms with Gasteiger partial charge in [-0.05, 0) is 43.7 Å². The van der Waals surface area contributed by atoms with Gasteiger partial charge in [0, 0.05) is 22.8 Å². The molecule has 0 saturated heterocycles. The van der Waals surface area contributed by atoms with Gasteiger partial charge in [-0.25, -0.2) is 4.79 Å². The molecule has 2 aromatic carbocycles. The zero-order valence-electron chi connectivity index (χ0n) is 12.2. The topological polar surface area (TPSA) is 52.6 Å². The molecule has 1 unspecified atom stereocenters. The van der Waals surface area contributed by atoms with Crippen molar-refractivity contribution in [1.82, 2.24) is 0 Å². The van der Waals surface area contributed by atoms with Crippen molar-refractivity contribution in [2.45, 2.75) is 18.9 Å². The molecule has 2 N–H and O–H groups in total. The number of amides is 2. The summed E-state index contributed by atoms with van der Waals surface area (Å²) in [4.78, 5) is 14.2. The standard InChI is InChI=1S/C17H17ClN2O2/c1-17(22)10-11-20(15-5-3-2-4-14(15)17)16(21)19-13-8-6-12(18)7-9-13/h2-9,22H,10-11H2,1H3,(H,19,21). The third-order valence-electron chi connectivity index (χ3n) is 3.94. The minimum Gasteiger partial charge on any atom is -0.385 e. The zero-order valence-corrected chi connectivity index (χ0v) is 13.0. The third-order valence-corrected chi connectivity index (χ3v) is 4.19. The van der Waals surface area contributed by atoms with E-state index in [0.717, 1.165) is 11.3 Å². The van der Waals surface area contributed by atoms with Crippen LogP contribution in [0.15, 0.2) is 48.5 Å². The summed E-state index contributed by atoms with van der Waals surface area (Å²) in [6.45, 7) is 2.24. The van der Waals surface area contributed by atoms with Gasteiger partial charge < -0.3 is 10.4 Å². The van der Waals surface area contributed by atoms with Crippen molar-refractivity contribution in [3.8, 4) is 0 Å². The summed E-state index contributed by atoms with van der Waals surface area (Å²) in [5.74, 6) is 0. The van der Waals surface area contributed by atoms with Gasteiger partial charge in [-0.15, -0.1) is 0 Å². The van der Waals surface area contributed by atoms with Gasteiger partial charge in [0.2, 0.25) is 0 Å². The van der Waals surface area contributed by atoms with E-state index in [1.807, 2.05) is 24.3 Å². The molecule has 0 spiro atoms. The van der Waals surface area contributed by atoms with Crippen molar-refractivity contribution in [2.24, 2.45) is 0 Å². The number of hydrogen-bond acceptors (Lipinski definition) is 2. The number of urea groups is 1. The molecule has 22 heavy (non-hydrogen) atoms. The number of nitrogens with one attached hydrogen (secondary N) is 1. The lowest BCUT2D eigenvalue weighted by molar-refractivity contribution is 0.0465. The Morgan fingerprint density at radius 1 is 1.23 bits per heavy atom. The predicted octanol–water partition coefficient (Wildman–Crippen LogP) is 3.99. The number of benzene rings is 2. The van der Waals surface area contributed by atoms with Crippen LogP contribution < -0.4 is 10.2 Å². The van der Waals surface area contributed by atoms with Gasteiger partial charge in [0.15, 0.2) is 0 Å². The smallest absolute Gasteiger partial charge is 0.326 e. The van der Waals surface area contributed by atoms with E-state index in [1.54, 1.807) is 36.1 Å². The first-order valence-corrected chi connectivity index (χ1v) is 7.51. The zero-order chi connectivity index (χ0) is 15.7. The Labute approximate surface area is 134 Å². The van der Waals surface area contributed by atoms with Gasteiger partial charge in [-0.1, -0.05) is 29.8 Å². The quantitative estimate of drug-likeness (QED) is 0.835. The first-order chi connectivity index (χ1) is 10.5. The predicted molar refractivity (Wildman–Crippen MR) is 88.4 cm³/mol. The maximum absolute atomic E-state index is 12.5. The maximum Gasteiger partial charge on any atom is 0.326 e. The lowest BCUT2D eigenvalue weighted by Crippen LogP contribution is -2.44. The molecule has 1 aliphatic heterocycles. The molecule has 0 fully saturated rings. The van der Waals surface area contributed by atoms with Gasteiger partial charge in [-0.3, -0.25) is 4.90 Å². The Balaban J connectivity index is 1.86. The van der Waals surface area contributed by atoms with Crippen molar-refractivity contribution in [2.75, 3.05) is 16.8 Å². The highest BCUT2D eigenvalue weighted by Crippen LogP contribution is 2.38. The number of hydrogen-bond donors (Lipinski definition) is 2. The average Bonchev–Trinajstić information content (AvgIpc) is 2.50. The molecule has 114 valence electrons. The fraction of sp³-hybridized carbons (Fsp3) is 0.235. The van der Waals surface area contributed by atoms with Gasteiger partial charge in [0.1, 0.15) is 0 Å². The monoisotopic (exact) mass is 316 g/mol. The molecule has 0 bridgehead atoms. The number of fused-ring (bicyclic) bond motifs is 1. The van der Waals surface area contributed by atoms with Crippen molar-refractivity contribution in [1.29, 1.82) is 0 Å². The molecule has 3 rings (SSSR count). The lowest BCUT2D eigenvalue weighted by atomic mass is 9.87. The second-order valence-electron chi connectivity index (χ2n) is 5.63. The number of nitrogens with zero attached hydrogens (tertiary/aromatic N) is 1. The number of aliphatic hydroxyl groups is 1. The van der Waals surface area contributed by atoms with E-state index < -0.39 is 5.60 Å². The Kier molecular flexibility index (Phi) is 3.81. The van der Waals surface area contributed by atoms with Crippen molar-refractivity contribution in [3.05, 3.63) is 59.1 Å². The number of para-hydroxylation sites is 1. The molecule has 0 aliphatic carbocycles. The molecule has 5 heteroatoms. The van der Waals surface area contributed by atoms with E-state index in [-0.39, 0.29) is 6.03 Å². The van der Waals surface area contributed by atoms with Crippen LogP contribution >= 0.6 is 11.6 Å². The van der Waals surface area contributed by atoms with Crippen molar-refractivity contribution >= 4 is 29.0 Å². The Bertz CT molecular complexity index is 698. The number of carbonyl (C=O) groups excluding carboxylic acids is 1. The van der Waals surface area contributed by atoms with Crippen LogP contribution in [0, 0.1) is 0 Å². The number of carbonyl (C=O) groups is 1. The van der Waals surface area contributed by atoms with Crippen LogP contribution in [0.5, 0.6) is 0 Å². The van der Waals surface area contributed by atoms with Gasteiger partial charge in [-0.2, -0.15) is 0 Å². The summed E-state index contributed by atoms with van der Waals surface area (Å²) < 4.78 is 0. The minimum absolute atomic E-state index is 0.217. The van der Waals surface area contributed by atoms with Crippen LogP contribution in [-0.2, 0) is 5.60 Å². The average molecular weight is 317 g/mol. The molecule has 2 amide bonds. The molecule has 1 atom stereocenters. The van der Waals surface area contributed by atoms with E-state index in [2.05, 4.69) is 5.32 Å². The number of anilines is 2. The van der Waals surface area contributed by atoms with E-state index in [4.69, 9.17) is 11.6 Å². The molecule has 0 saturated carbocycles. The highest BCUT2D eigenvalue weighted by Gasteiger charge is 2.35. The highest BCUT2D eigenvalue weighted by molar-refractivity contribution is 6.30. The van der Waals surface area contributed by atoms with Crippen molar-refractivity contribution in [3.63, 3.8) is 0 Å². The van der Waals surface area contributed by atoms with Crippen LogP contribution in [0.25, 0.3) is 0 Å². The lowest BCUT2D eigenvalue weighted by Gasteiger charge is -2.37. The largest absolute Gasteiger partial charge is 0.385 e. The minimum atomic E-state index is -0.909. The van der Waals surface area contributed by atoms with E-state index in [0.29, 0.717) is 23.7 Å². The summed E-state index contributed by atoms with van der Waals surface area (Å²) in [7, 11) is 0. The molecule has 1 aliphatic rings. The maximum atomic E-state index is 12.5.